The van der Waals surface area contributed by atoms with Crippen molar-refractivity contribution < 1.29 is 9.59 Å². The van der Waals surface area contributed by atoms with E-state index in [1.54, 1.807) is 0 Å². The highest BCUT2D eigenvalue weighted by Gasteiger charge is 2.61. The highest BCUT2D eigenvalue weighted by molar-refractivity contribution is 5.84. The molecule has 0 spiro atoms. The smallest absolute Gasteiger partial charge is 0.226 e. The zero-order valence-electron chi connectivity index (χ0n) is 13.9. The molecule has 4 atom stereocenters. The van der Waals surface area contributed by atoms with Crippen molar-refractivity contribution in [3.63, 3.8) is 0 Å². The summed E-state index contributed by atoms with van der Waals surface area (Å²) in [6, 6.07) is 0.896. The molecule has 6 aliphatic carbocycles. The van der Waals surface area contributed by atoms with Crippen LogP contribution in [0.1, 0.15) is 70.6 Å². The Kier molecular flexibility index (Phi) is 2.94. The van der Waals surface area contributed by atoms with Gasteiger partial charge in [-0.3, -0.25) is 9.59 Å². The van der Waals surface area contributed by atoms with Crippen molar-refractivity contribution in [3.8, 4) is 0 Å². The van der Waals surface area contributed by atoms with Crippen LogP contribution in [-0.4, -0.2) is 23.9 Å². The standard InChI is InChI=1S/C19H28N2O2/c22-16(20-14-1-2-14)10-18-6-12-5-13(7-18)9-19(8-12,11-18)17(23)21-15-3-4-15/h12-15H,1-11H2,(H,20,22)(H,21,23)/t12-,13+,18?,19?. The first-order valence-electron chi connectivity index (χ1n) is 9.65. The summed E-state index contributed by atoms with van der Waals surface area (Å²) < 4.78 is 0. The first-order valence-corrected chi connectivity index (χ1v) is 9.65. The van der Waals surface area contributed by atoms with Crippen LogP contribution < -0.4 is 10.6 Å². The third kappa shape index (κ3) is 2.58. The zero-order valence-corrected chi connectivity index (χ0v) is 13.9. The number of amides is 2. The number of carbonyl (C=O) groups is 2. The number of rotatable bonds is 5. The van der Waals surface area contributed by atoms with E-state index in [0.717, 1.165) is 44.9 Å². The highest BCUT2D eigenvalue weighted by Crippen LogP contribution is 2.66. The van der Waals surface area contributed by atoms with Gasteiger partial charge in [-0.1, -0.05) is 0 Å². The van der Waals surface area contributed by atoms with E-state index in [1.807, 2.05) is 0 Å². The molecule has 0 aromatic heterocycles. The quantitative estimate of drug-likeness (QED) is 0.819. The Morgan fingerprint density at radius 3 is 2.09 bits per heavy atom. The Bertz CT molecular complexity index is 536. The van der Waals surface area contributed by atoms with E-state index < -0.39 is 0 Å². The van der Waals surface area contributed by atoms with Crippen LogP contribution in [0, 0.1) is 22.7 Å². The van der Waals surface area contributed by atoms with Crippen molar-refractivity contribution in [2.45, 2.75) is 82.7 Å². The van der Waals surface area contributed by atoms with E-state index >= 15 is 0 Å². The second-order valence-corrected chi connectivity index (χ2v) is 9.51. The van der Waals surface area contributed by atoms with Gasteiger partial charge in [-0.25, -0.2) is 0 Å². The summed E-state index contributed by atoms with van der Waals surface area (Å²) in [7, 11) is 0. The van der Waals surface area contributed by atoms with Crippen molar-refractivity contribution in [1.29, 1.82) is 0 Å². The Hall–Kier alpha value is -1.06. The van der Waals surface area contributed by atoms with Gasteiger partial charge in [0.25, 0.3) is 0 Å². The molecule has 2 amide bonds. The first-order chi connectivity index (χ1) is 11.0. The van der Waals surface area contributed by atoms with Crippen molar-refractivity contribution in [3.05, 3.63) is 0 Å². The summed E-state index contributed by atoms with van der Waals surface area (Å²) >= 11 is 0. The number of carbonyl (C=O) groups excluding carboxylic acids is 2. The molecule has 23 heavy (non-hydrogen) atoms. The molecule has 0 aliphatic heterocycles. The van der Waals surface area contributed by atoms with E-state index in [2.05, 4.69) is 10.6 Å². The third-order valence-corrected chi connectivity index (χ3v) is 7.05. The number of hydrogen-bond acceptors (Lipinski definition) is 2. The van der Waals surface area contributed by atoms with Gasteiger partial charge in [-0.05, 0) is 81.5 Å². The maximum atomic E-state index is 13.0. The average Bonchev–Trinajstić information content (AvgIpc) is 3.32. The largest absolute Gasteiger partial charge is 0.353 e. The van der Waals surface area contributed by atoms with Gasteiger partial charge in [-0.2, -0.15) is 0 Å². The van der Waals surface area contributed by atoms with E-state index in [9.17, 15) is 9.59 Å². The van der Waals surface area contributed by atoms with Crippen molar-refractivity contribution in [2.75, 3.05) is 0 Å². The molecule has 0 saturated heterocycles. The zero-order chi connectivity index (χ0) is 15.7. The molecule has 6 aliphatic rings. The lowest BCUT2D eigenvalue weighted by molar-refractivity contribution is -0.161. The molecule has 4 bridgehead atoms. The Labute approximate surface area is 138 Å². The predicted octanol–water partition coefficient (Wildman–Crippen LogP) is 2.52. The molecule has 4 heteroatoms. The molecule has 6 fully saturated rings. The van der Waals surface area contributed by atoms with Crippen LogP contribution in [0.5, 0.6) is 0 Å². The number of nitrogens with one attached hydrogen (secondary N) is 2. The predicted molar refractivity (Wildman–Crippen MR) is 86.5 cm³/mol. The van der Waals surface area contributed by atoms with Crippen LogP contribution in [0.4, 0.5) is 0 Å². The Morgan fingerprint density at radius 2 is 1.48 bits per heavy atom. The van der Waals surface area contributed by atoms with Gasteiger partial charge in [-0.15, -0.1) is 0 Å². The fraction of sp³-hybridized carbons (Fsp3) is 0.895. The minimum atomic E-state index is -0.146. The molecular formula is C19H28N2O2. The average molecular weight is 316 g/mol. The molecule has 0 aromatic rings. The second kappa shape index (κ2) is 4.73. The summed E-state index contributed by atoms with van der Waals surface area (Å²) in [5, 5.41) is 6.46. The van der Waals surface area contributed by atoms with Gasteiger partial charge in [0, 0.05) is 18.5 Å². The van der Waals surface area contributed by atoms with E-state index in [0.29, 0.717) is 36.2 Å². The summed E-state index contributed by atoms with van der Waals surface area (Å²) in [6.07, 6.45) is 12.0. The van der Waals surface area contributed by atoms with Crippen LogP contribution in [-0.2, 0) is 9.59 Å². The lowest BCUT2D eigenvalue weighted by Crippen LogP contribution is -2.58. The van der Waals surface area contributed by atoms with Crippen molar-refractivity contribution in [2.24, 2.45) is 22.7 Å². The molecule has 6 rings (SSSR count). The molecule has 2 N–H and O–H groups in total. The second-order valence-electron chi connectivity index (χ2n) is 9.51. The van der Waals surface area contributed by atoms with E-state index in [4.69, 9.17) is 0 Å². The van der Waals surface area contributed by atoms with E-state index in [1.165, 1.54) is 19.3 Å². The maximum absolute atomic E-state index is 13.0. The topological polar surface area (TPSA) is 58.2 Å². The van der Waals surface area contributed by atoms with Crippen LogP contribution in [0.2, 0.25) is 0 Å². The fourth-order valence-corrected chi connectivity index (χ4v) is 6.34. The van der Waals surface area contributed by atoms with Crippen LogP contribution in [0.3, 0.4) is 0 Å². The monoisotopic (exact) mass is 316 g/mol. The van der Waals surface area contributed by atoms with Gasteiger partial charge < -0.3 is 10.6 Å². The van der Waals surface area contributed by atoms with Crippen molar-refractivity contribution in [1.82, 2.24) is 10.6 Å². The molecule has 0 aromatic carbocycles. The van der Waals surface area contributed by atoms with E-state index in [-0.39, 0.29) is 16.7 Å². The third-order valence-electron chi connectivity index (χ3n) is 7.05. The molecule has 4 nitrogen and oxygen atoms in total. The van der Waals surface area contributed by atoms with Gasteiger partial charge in [0.15, 0.2) is 0 Å². The lowest BCUT2D eigenvalue weighted by Gasteiger charge is -2.61. The summed E-state index contributed by atoms with van der Waals surface area (Å²) in [5.41, 5.74) is -0.0313. The minimum absolute atomic E-state index is 0.115. The Morgan fingerprint density at radius 1 is 0.870 bits per heavy atom. The van der Waals surface area contributed by atoms with Gasteiger partial charge in [0.2, 0.25) is 11.8 Å². The fourth-order valence-electron chi connectivity index (χ4n) is 6.34. The molecule has 126 valence electrons. The summed E-state index contributed by atoms with van der Waals surface area (Å²) in [4.78, 5) is 25.4. The van der Waals surface area contributed by atoms with Crippen LogP contribution >= 0.6 is 0 Å². The molecule has 6 saturated carbocycles. The molecule has 0 radical (unpaired) electrons. The van der Waals surface area contributed by atoms with Crippen LogP contribution in [0.25, 0.3) is 0 Å². The SMILES string of the molecule is O=C(CC12C[C@H]3C[C@@H](C1)CC(C(=O)NC1CC1)(C3)C2)NC1CC1. The van der Waals surface area contributed by atoms with Crippen molar-refractivity contribution >= 4 is 11.8 Å². The van der Waals surface area contributed by atoms with Gasteiger partial charge in [0.1, 0.15) is 0 Å². The van der Waals surface area contributed by atoms with Gasteiger partial charge in [0.05, 0.1) is 5.41 Å². The summed E-state index contributed by atoms with van der Waals surface area (Å²) in [6.45, 7) is 0. The van der Waals surface area contributed by atoms with Gasteiger partial charge >= 0.3 is 0 Å². The molecular weight excluding hydrogens is 288 g/mol. The minimum Gasteiger partial charge on any atom is -0.353 e. The Balaban J connectivity index is 1.35. The highest BCUT2D eigenvalue weighted by atomic mass is 16.2. The number of hydrogen-bond donors (Lipinski definition) is 2. The molecule has 0 heterocycles. The molecule has 2 unspecified atom stereocenters. The first kappa shape index (κ1) is 14.3. The lowest BCUT2D eigenvalue weighted by atomic mass is 9.43. The van der Waals surface area contributed by atoms with Crippen LogP contribution in [0.15, 0.2) is 0 Å². The normalized spacial score (nSPS) is 44.2. The maximum Gasteiger partial charge on any atom is 0.226 e. The summed E-state index contributed by atoms with van der Waals surface area (Å²) in [5.74, 6) is 1.91.